The number of halogens is 1. The van der Waals surface area contributed by atoms with Crippen LogP contribution < -0.4 is 10.2 Å². The molecule has 0 aliphatic carbocycles. The zero-order chi connectivity index (χ0) is 21.0. The first kappa shape index (κ1) is 18.7. The van der Waals surface area contributed by atoms with Gasteiger partial charge in [-0.05, 0) is 36.4 Å². The molecular formula is C19H15FN2O7. The Labute approximate surface area is 162 Å². The summed E-state index contributed by atoms with van der Waals surface area (Å²) in [4.78, 5) is 38.5. The summed E-state index contributed by atoms with van der Waals surface area (Å²) in [6.07, 6.45) is 0. The van der Waals surface area contributed by atoms with Gasteiger partial charge in [0.1, 0.15) is 11.9 Å². The molecule has 2 fully saturated rings. The number of carbonyl (C=O) groups is 3. The monoisotopic (exact) mass is 402 g/mol. The van der Waals surface area contributed by atoms with Gasteiger partial charge in [-0.25, -0.2) is 9.29 Å². The molecule has 0 spiro atoms. The molecule has 5 N–H and O–H groups in total. The fourth-order valence-corrected chi connectivity index (χ4v) is 4.00. The van der Waals surface area contributed by atoms with E-state index < -0.39 is 64.8 Å². The third-order valence-electron chi connectivity index (χ3n) is 5.32. The van der Waals surface area contributed by atoms with E-state index in [1.807, 2.05) is 0 Å². The lowest BCUT2D eigenvalue weighted by Gasteiger charge is -2.22. The summed E-state index contributed by atoms with van der Waals surface area (Å²) < 4.78 is 13.2. The molecule has 2 heterocycles. The van der Waals surface area contributed by atoms with Gasteiger partial charge < -0.3 is 20.4 Å². The Hall–Kier alpha value is -3.66. The number of carbonyl (C=O) groups excluding carboxylic acids is 2. The van der Waals surface area contributed by atoms with E-state index in [1.165, 1.54) is 18.2 Å². The number of rotatable bonds is 3. The number of benzene rings is 2. The number of phenolic OH excluding ortho intramolecular Hbond substituents is 3. The van der Waals surface area contributed by atoms with Crippen molar-refractivity contribution in [1.29, 1.82) is 0 Å². The predicted octanol–water partition coefficient (Wildman–Crippen LogP) is 0.846. The van der Waals surface area contributed by atoms with Crippen LogP contribution in [0.5, 0.6) is 17.2 Å². The lowest BCUT2D eigenvalue weighted by molar-refractivity contribution is -0.142. The Morgan fingerprint density at radius 3 is 2.17 bits per heavy atom. The topological polar surface area (TPSA) is 147 Å². The number of carboxylic acid groups (broad SMARTS) is 1. The van der Waals surface area contributed by atoms with E-state index in [0.717, 1.165) is 23.1 Å². The van der Waals surface area contributed by atoms with Crippen molar-refractivity contribution in [3.8, 4) is 17.2 Å². The van der Waals surface area contributed by atoms with E-state index in [9.17, 15) is 39.2 Å². The highest BCUT2D eigenvalue weighted by atomic mass is 19.1. The number of aliphatic carboxylic acids is 1. The minimum atomic E-state index is -1.43. The summed E-state index contributed by atoms with van der Waals surface area (Å²) in [6.45, 7) is 0. The van der Waals surface area contributed by atoms with Gasteiger partial charge >= 0.3 is 5.97 Å². The number of anilines is 1. The standard InChI is InChI=1S/C19H15FN2O7/c20-7-1-3-8(4-2-7)22-17(26)11-12(18(22)27)14(19(28)29)21-13(11)9-5-6-10(23)16(25)15(9)24/h1-6,11-14,21,23-25H,(H,28,29)/t11-,12+,13-,14-/m1/s1. The maximum Gasteiger partial charge on any atom is 0.321 e. The summed E-state index contributed by atoms with van der Waals surface area (Å²) >= 11 is 0. The van der Waals surface area contributed by atoms with E-state index in [2.05, 4.69) is 5.32 Å². The van der Waals surface area contributed by atoms with E-state index in [0.29, 0.717) is 0 Å². The largest absolute Gasteiger partial charge is 0.504 e. The van der Waals surface area contributed by atoms with Crippen molar-refractivity contribution in [3.05, 3.63) is 47.8 Å². The second kappa shape index (κ2) is 6.45. The smallest absolute Gasteiger partial charge is 0.321 e. The lowest BCUT2D eigenvalue weighted by Crippen LogP contribution is -2.43. The average Bonchev–Trinajstić information content (AvgIpc) is 3.19. The Bertz CT molecular complexity index is 1040. The van der Waals surface area contributed by atoms with Crippen molar-refractivity contribution >= 4 is 23.5 Å². The number of imide groups is 1. The average molecular weight is 402 g/mol. The van der Waals surface area contributed by atoms with Gasteiger partial charge in [0.25, 0.3) is 0 Å². The Morgan fingerprint density at radius 2 is 1.55 bits per heavy atom. The van der Waals surface area contributed by atoms with E-state index in [-0.39, 0.29) is 11.3 Å². The molecule has 150 valence electrons. The highest BCUT2D eigenvalue weighted by molar-refractivity contribution is 6.23. The van der Waals surface area contributed by atoms with Crippen LogP contribution in [0.1, 0.15) is 11.6 Å². The molecule has 0 unspecified atom stereocenters. The summed E-state index contributed by atoms with van der Waals surface area (Å²) in [5.41, 5.74) is 0.0534. The molecule has 2 aromatic rings. The first-order valence-electron chi connectivity index (χ1n) is 8.58. The predicted molar refractivity (Wildman–Crippen MR) is 94.6 cm³/mol. The fourth-order valence-electron chi connectivity index (χ4n) is 4.00. The van der Waals surface area contributed by atoms with Crippen molar-refractivity contribution in [2.45, 2.75) is 12.1 Å². The van der Waals surface area contributed by atoms with Gasteiger partial charge in [-0.3, -0.25) is 19.7 Å². The second-order valence-corrected chi connectivity index (χ2v) is 6.87. The number of carboxylic acids is 1. The molecule has 2 aromatic carbocycles. The van der Waals surface area contributed by atoms with Crippen LogP contribution in [-0.2, 0) is 14.4 Å². The Balaban J connectivity index is 1.81. The van der Waals surface area contributed by atoms with Crippen LogP contribution in [0.4, 0.5) is 10.1 Å². The number of aromatic hydroxyl groups is 3. The first-order valence-corrected chi connectivity index (χ1v) is 8.58. The second-order valence-electron chi connectivity index (χ2n) is 6.87. The van der Waals surface area contributed by atoms with Crippen LogP contribution in [0.2, 0.25) is 0 Å². The van der Waals surface area contributed by atoms with Crippen molar-refractivity contribution in [2.75, 3.05) is 4.90 Å². The molecule has 0 bridgehead atoms. The summed E-state index contributed by atoms with van der Waals surface area (Å²) in [5, 5.41) is 41.7. The molecule has 2 saturated heterocycles. The maximum atomic E-state index is 13.2. The van der Waals surface area contributed by atoms with E-state index in [4.69, 9.17) is 0 Å². The first-order chi connectivity index (χ1) is 13.7. The molecule has 29 heavy (non-hydrogen) atoms. The van der Waals surface area contributed by atoms with Crippen molar-refractivity contribution in [3.63, 3.8) is 0 Å². The molecule has 4 atom stereocenters. The quantitative estimate of drug-likeness (QED) is 0.375. The van der Waals surface area contributed by atoms with Gasteiger partial charge in [-0.2, -0.15) is 0 Å². The van der Waals surface area contributed by atoms with Gasteiger partial charge in [0.2, 0.25) is 17.6 Å². The van der Waals surface area contributed by atoms with Crippen LogP contribution in [0, 0.1) is 17.7 Å². The third-order valence-corrected chi connectivity index (χ3v) is 5.32. The minimum absolute atomic E-state index is 0.0406. The number of amides is 2. The molecule has 4 rings (SSSR count). The van der Waals surface area contributed by atoms with Gasteiger partial charge in [0.05, 0.1) is 17.5 Å². The van der Waals surface area contributed by atoms with Crippen LogP contribution in [0.25, 0.3) is 0 Å². The Morgan fingerprint density at radius 1 is 0.931 bits per heavy atom. The summed E-state index contributed by atoms with van der Waals surface area (Å²) in [5.74, 6) is -8.05. The molecule has 0 aromatic heterocycles. The molecule has 2 aliphatic heterocycles. The van der Waals surface area contributed by atoms with Crippen molar-refractivity contribution in [2.24, 2.45) is 11.8 Å². The number of nitrogens with one attached hydrogen (secondary N) is 1. The molecule has 2 amide bonds. The SMILES string of the molecule is O=C(O)[C@@H]1N[C@H](c2ccc(O)c(O)c2O)[C@@H]2C(=O)N(c3ccc(F)cc3)C(=O)[C@@H]21. The highest BCUT2D eigenvalue weighted by Crippen LogP contribution is 2.49. The van der Waals surface area contributed by atoms with E-state index >= 15 is 0 Å². The number of hydrogen-bond acceptors (Lipinski definition) is 7. The number of phenols is 3. The zero-order valence-electron chi connectivity index (χ0n) is 14.6. The van der Waals surface area contributed by atoms with Gasteiger partial charge in [0.15, 0.2) is 11.5 Å². The zero-order valence-corrected chi connectivity index (χ0v) is 14.6. The highest BCUT2D eigenvalue weighted by Gasteiger charge is 2.61. The summed E-state index contributed by atoms with van der Waals surface area (Å²) in [7, 11) is 0. The van der Waals surface area contributed by atoms with Crippen LogP contribution in [0.15, 0.2) is 36.4 Å². The van der Waals surface area contributed by atoms with Crippen LogP contribution in [-0.4, -0.2) is 44.3 Å². The molecular weight excluding hydrogens is 387 g/mol. The third kappa shape index (κ3) is 2.68. The van der Waals surface area contributed by atoms with Crippen LogP contribution in [0.3, 0.4) is 0 Å². The van der Waals surface area contributed by atoms with Crippen molar-refractivity contribution < 1.29 is 39.2 Å². The lowest BCUT2D eigenvalue weighted by atomic mass is 9.86. The molecule has 0 saturated carbocycles. The fraction of sp³-hybridized carbons (Fsp3) is 0.211. The number of hydrogen-bond donors (Lipinski definition) is 5. The van der Waals surface area contributed by atoms with Crippen LogP contribution >= 0.6 is 0 Å². The van der Waals surface area contributed by atoms with Crippen molar-refractivity contribution in [1.82, 2.24) is 5.32 Å². The van der Waals surface area contributed by atoms with Gasteiger partial charge in [-0.1, -0.05) is 0 Å². The normalized spacial score (nSPS) is 26.0. The minimum Gasteiger partial charge on any atom is -0.504 e. The summed E-state index contributed by atoms with van der Waals surface area (Å²) in [6, 6.07) is 4.35. The maximum absolute atomic E-state index is 13.2. The van der Waals surface area contributed by atoms with Gasteiger partial charge in [-0.15, -0.1) is 0 Å². The molecule has 0 radical (unpaired) electrons. The molecule has 10 heteroatoms. The Kier molecular flexibility index (Phi) is 4.16. The molecule has 9 nitrogen and oxygen atoms in total. The number of nitrogens with zero attached hydrogens (tertiary/aromatic N) is 1. The number of fused-ring (bicyclic) bond motifs is 1. The molecule has 2 aliphatic rings. The van der Waals surface area contributed by atoms with Gasteiger partial charge in [0, 0.05) is 11.6 Å². The van der Waals surface area contributed by atoms with E-state index in [1.54, 1.807) is 0 Å².